The molecule has 0 unspecified atom stereocenters. The van der Waals surface area contributed by atoms with Crippen molar-refractivity contribution in [2.24, 2.45) is 7.05 Å². The number of H-pyrrole nitrogens is 1. The molecule has 1 N–H and O–H groups in total. The van der Waals surface area contributed by atoms with Crippen LogP contribution in [0.3, 0.4) is 0 Å². The first kappa shape index (κ1) is 18.9. The summed E-state index contributed by atoms with van der Waals surface area (Å²) in [4.78, 5) is 24.7. The Labute approximate surface area is 184 Å². The number of ether oxygens (including phenoxy) is 1. The van der Waals surface area contributed by atoms with Crippen molar-refractivity contribution in [3.05, 3.63) is 48.4 Å². The van der Waals surface area contributed by atoms with Gasteiger partial charge in [0.15, 0.2) is 11.6 Å². The molecule has 0 atom stereocenters. The first-order valence-electron chi connectivity index (χ1n) is 10.6. The van der Waals surface area contributed by atoms with E-state index in [1.54, 1.807) is 6.20 Å². The zero-order chi connectivity index (χ0) is 21.7. The Morgan fingerprint density at radius 1 is 1.03 bits per heavy atom. The number of pyridine rings is 2. The lowest BCUT2D eigenvalue weighted by Gasteiger charge is -2.28. The van der Waals surface area contributed by atoms with Crippen molar-refractivity contribution in [3.8, 4) is 22.8 Å². The number of nitrogens with one attached hydrogen (secondary N) is 1. The number of morpholine rings is 1. The zero-order valence-electron chi connectivity index (χ0n) is 17.9. The lowest BCUT2D eigenvalue weighted by molar-refractivity contribution is 0.122. The summed E-state index contributed by atoms with van der Waals surface area (Å²) in [5, 5.41) is 5.37. The van der Waals surface area contributed by atoms with Crippen molar-refractivity contribution in [3.63, 3.8) is 0 Å². The van der Waals surface area contributed by atoms with E-state index in [1.165, 1.54) is 0 Å². The van der Waals surface area contributed by atoms with Crippen molar-refractivity contribution < 1.29 is 4.74 Å². The molecule has 32 heavy (non-hydrogen) atoms. The van der Waals surface area contributed by atoms with E-state index in [9.17, 15) is 0 Å². The third-order valence-electron chi connectivity index (χ3n) is 5.90. The fourth-order valence-electron chi connectivity index (χ4n) is 4.32. The van der Waals surface area contributed by atoms with Gasteiger partial charge in [0.05, 0.1) is 36.3 Å². The third kappa shape index (κ3) is 3.01. The van der Waals surface area contributed by atoms with Gasteiger partial charge in [-0.15, -0.1) is 0 Å². The van der Waals surface area contributed by atoms with E-state index < -0.39 is 0 Å². The van der Waals surface area contributed by atoms with E-state index in [0.717, 1.165) is 63.5 Å². The molecule has 0 aromatic carbocycles. The summed E-state index contributed by atoms with van der Waals surface area (Å²) in [6, 6.07) is 7.99. The molecule has 1 fully saturated rings. The maximum absolute atomic E-state index is 5.58. The van der Waals surface area contributed by atoms with Gasteiger partial charge < -0.3 is 14.6 Å². The predicted molar refractivity (Wildman–Crippen MR) is 122 cm³/mol. The minimum atomic E-state index is 0.664. The second-order valence-electron chi connectivity index (χ2n) is 7.93. The average molecular weight is 426 g/mol. The van der Waals surface area contributed by atoms with Crippen LogP contribution in [0.4, 0.5) is 5.82 Å². The number of aryl methyl sites for hydroxylation is 2. The first-order valence-corrected chi connectivity index (χ1v) is 10.6. The van der Waals surface area contributed by atoms with Gasteiger partial charge >= 0.3 is 0 Å². The monoisotopic (exact) mass is 426 g/mol. The molecule has 0 spiro atoms. The third-order valence-corrected chi connectivity index (χ3v) is 5.90. The number of anilines is 1. The molecule has 0 aliphatic carbocycles. The van der Waals surface area contributed by atoms with Gasteiger partial charge in [-0.05, 0) is 36.8 Å². The van der Waals surface area contributed by atoms with Crippen molar-refractivity contribution in [1.82, 2.24) is 34.7 Å². The summed E-state index contributed by atoms with van der Waals surface area (Å²) in [6.07, 6.45) is 5.52. The van der Waals surface area contributed by atoms with Crippen LogP contribution < -0.4 is 4.90 Å². The van der Waals surface area contributed by atoms with Crippen LogP contribution in [0.1, 0.15) is 5.56 Å². The Bertz CT molecular complexity index is 1430. The van der Waals surface area contributed by atoms with E-state index in [-0.39, 0.29) is 0 Å². The highest BCUT2D eigenvalue weighted by atomic mass is 16.5. The Morgan fingerprint density at radius 2 is 1.91 bits per heavy atom. The fraction of sp³-hybridized carbons (Fsp3) is 0.261. The van der Waals surface area contributed by atoms with Gasteiger partial charge in [-0.2, -0.15) is 5.10 Å². The van der Waals surface area contributed by atoms with Crippen LogP contribution in [0.5, 0.6) is 0 Å². The Kier molecular flexibility index (Phi) is 4.36. The fourth-order valence-corrected chi connectivity index (χ4v) is 4.32. The molecule has 1 aliphatic heterocycles. The minimum absolute atomic E-state index is 0.664. The molecule has 1 saturated heterocycles. The largest absolute Gasteiger partial charge is 0.378 e. The number of fused-ring (bicyclic) bond motifs is 2. The summed E-state index contributed by atoms with van der Waals surface area (Å²) < 4.78 is 7.43. The van der Waals surface area contributed by atoms with Crippen LogP contribution in [0.2, 0.25) is 0 Å². The highest BCUT2D eigenvalue weighted by molar-refractivity contribution is 5.94. The molecule has 0 saturated carbocycles. The molecular weight excluding hydrogens is 404 g/mol. The van der Waals surface area contributed by atoms with E-state index in [2.05, 4.69) is 20.0 Å². The van der Waals surface area contributed by atoms with Crippen LogP contribution in [0.15, 0.2) is 42.9 Å². The molecule has 5 aromatic heterocycles. The average Bonchev–Trinajstić information content (AvgIpc) is 3.44. The van der Waals surface area contributed by atoms with Gasteiger partial charge in [0, 0.05) is 43.5 Å². The Morgan fingerprint density at radius 3 is 2.72 bits per heavy atom. The SMILES string of the molecule is Cc1cnn(C)c1-c1ccc2nc(-c3ccnc4[nH]ccc34)nc(N3CCOCC3)c2n1. The number of aromatic amines is 1. The maximum atomic E-state index is 5.58. The maximum Gasteiger partial charge on any atom is 0.163 e. The van der Waals surface area contributed by atoms with Crippen LogP contribution >= 0.6 is 0 Å². The van der Waals surface area contributed by atoms with Gasteiger partial charge in [0.2, 0.25) is 0 Å². The van der Waals surface area contributed by atoms with E-state index in [0.29, 0.717) is 19.0 Å². The van der Waals surface area contributed by atoms with E-state index in [1.807, 2.05) is 55.3 Å². The molecule has 9 heteroatoms. The summed E-state index contributed by atoms with van der Waals surface area (Å²) in [7, 11) is 1.93. The normalized spacial score (nSPS) is 14.5. The standard InChI is InChI=1S/C23H22N8O/c1-14-13-26-30(2)20(14)18-4-3-17-19(27-18)23(31-9-11-32-12-10-31)29-22(28-17)16-6-8-25-21-15(16)5-7-24-21/h3-8,13H,9-12H2,1-2H3,(H,24,25). The Balaban J connectivity index is 1.59. The molecule has 0 amide bonds. The molecule has 9 nitrogen and oxygen atoms in total. The first-order chi connectivity index (χ1) is 15.7. The van der Waals surface area contributed by atoms with Crippen molar-refractivity contribution >= 4 is 27.9 Å². The lowest BCUT2D eigenvalue weighted by atomic mass is 10.1. The summed E-state index contributed by atoms with van der Waals surface area (Å²) in [5.41, 5.74) is 6.29. The van der Waals surface area contributed by atoms with Crippen LogP contribution in [0.25, 0.3) is 44.8 Å². The van der Waals surface area contributed by atoms with Crippen LogP contribution in [-0.4, -0.2) is 61.0 Å². The Hall–Kier alpha value is -3.85. The molecule has 6 heterocycles. The number of rotatable bonds is 3. The molecule has 160 valence electrons. The quantitative estimate of drug-likeness (QED) is 0.473. The van der Waals surface area contributed by atoms with E-state index in [4.69, 9.17) is 19.7 Å². The molecule has 0 bridgehead atoms. The molecule has 6 rings (SSSR count). The van der Waals surface area contributed by atoms with Crippen molar-refractivity contribution in [2.45, 2.75) is 6.92 Å². The number of hydrogen-bond donors (Lipinski definition) is 1. The number of nitrogens with zero attached hydrogens (tertiary/aromatic N) is 7. The molecule has 5 aromatic rings. The topological polar surface area (TPSA) is 97.6 Å². The predicted octanol–water partition coefficient (Wildman–Crippen LogP) is 3.11. The second-order valence-corrected chi connectivity index (χ2v) is 7.93. The minimum Gasteiger partial charge on any atom is -0.378 e. The van der Waals surface area contributed by atoms with Crippen LogP contribution in [0, 0.1) is 6.92 Å². The van der Waals surface area contributed by atoms with Gasteiger partial charge in [-0.3, -0.25) is 4.68 Å². The molecular formula is C23H22N8O. The van der Waals surface area contributed by atoms with Gasteiger partial charge in [-0.1, -0.05) is 0 Å². The number of aromatic nitrogens is 7. The summed E-state index contributed by atoms with van der Waals surface area (Å²) in [6.45, 7) is 4.90. The van der Waals surface area contributed by atoms with Gasteiger partial charge in [-0.25, -0.2) is 19.9 Å². The van der Waals surface area contributed by atoms with Gasteiger partial charge in [0.25, 0.3) is 0 Å². The molecule has 0 radical (unpaired) electrons. The van der Waals surface area contributed by atoms with Gasteiger partial charge in [0.1, 0.15) is 11.2 Å². The van der Waals surface area contributed by atoms with Crippen molar-refractivity contribution in [1.29, 1.82) is 0 Å². The highest BCUT2D eigenvalue weighted by Gasteiger charge is 2.21. The van der Waals surface area contributed by atoms with Crippen molar-refractivity contribution in [2.75, 3.05) is 31.2 Å². The smallest absolute Gasteiger partial charge is 0.163 e. The molecule has 1 aliphatic rings. The zero-order valence-corrected chi connectivity index (χ0v) is 17.9. The number of hydrogen-bond acceptors (Lipinski definition) is 7. The lowest BCUT2D eigenvalue weighted by Crippen LogP contribution is -2.37. The highest BCUT2D eigenvalue weighted by Crippen LogP contribution is 2.32. The summed E-state index contributed by atoms with van der Waals surface area (Å²) >= 11 is 0. The summed E-state index contributed by atoms with van der Waals surface area (Å²) in [5.74, 6) is 1.49. The van der Waals surface area contributed by atoms with Crippen LogP contribution in [-0.2, 0) is 11.8 Å². The van der Waals surface area contributed by atoms with E-state index >= 15 is 0 Å². The second kappa shape index (κ2) is 7.38.